The zero-order valence-electron chi connectivity index (χ0n) is 8.42. The summed E-state index contributed by atoms with van der Waals surface area (Å²) in [4.78, 5) is 10.5. The van der Waals surface area contributed by atoms with E-state index in [1.54, 1.807) is 0 Å². The number of carboxylic acids is 1. The molecule has 2 unspecified atom stereocenters. The molecule has 0 heterocycles. The number of halogens is 1. The van der Waals surface area contributed by atoms with Crippen molar-refractivity contribution in [2.45, 2.75) is 12.2 Å². The number of aliphatic hydroxyl groups excluding tert-OH is 2. The van der Waals surface area contributed by atoms with Crippen molar-refractivity contribution in [2.24, 2.45) is 0 Å². The fraction of sp³-hybridized carbons (Fsp3) is 0.300. The van der Waals surface area contributed by atoms with Gasteiger partial charge in [-0.1, -0.05) is 17.7 Å². The Morgan fingerprint density at radius 2 is 2.06 bits per heavy atom. The fourth-order valence-electron chi connectivity index (χ4n) is 1.18. The van der Waals surface area contributed by atoms with Crippen LogP contribution in [0.15, 0.2) is 18.2 Å². The molecule has 0 aromatic heterocycles. The van der Waals surface area contributed by atoms with E-state index in [4.69, 9.17) is 26.6 Å². The maximum Gasteiger partial charge on any atom is 0.335 e. The minimum absolute atomic E-state index is 0.132. The van der Waals surface area contributed by atoms with E-state index in [9.17, 15) is 9.90 Å². The highest BCUT2D eigenvalue weighted by Crippen LogP contribution is 2.28. The van der Waals surface area contributed by atoms with E-state index in [-0.39, 0.29) is 10.6 Å². The first-order valence-electron chi connectivity index (χ1n) is 4.39. The number of benzene rings is 1. The lowest BCUT2D eigenvalue weighted by Crippen LogP contribution is -2.27. The number of hydrogen-bond acceptors (Lipinski definition) is 4. The van der Waals surface area contributed by atoms with Crippen LogP contribution in [0.5, 0.6) is 5.75 Å². The van der Waals surface area contributed by atoms with Gasteiger partial charge in [0.15, 0.2) is 6.10 Å². The standard InChI is InChI=1S/C10H11ClO5/c1-16-5-2-3-6(7(11)4-5)8(12)9(13)10(14)15/h2-4,8-9,12-13H,1H3,(H,14,15). The molecule has 0 aliphatic rings. The Bertz CT molecular complexity index is 393. The van der Waals surface area contributed by atoms with Crippen LogP contribution >= 0.6 is 11.6 Å². The zero-order valence-corrected chi connectivity index (χ0v) is 9.18. The number of carbonyl (C=O) groups is 1. The number of carboxylic acid groups (broad SMARTS) is 1. The van der Waals surface area contributed by atoms with Crippen molar-refractivity contribution in [1.29, 1.82) is 0 Å². The molecule has 5 nitrogen and oxygen atoms in total. The van der Waals surface area contributed by atoms with Gasteiger partial charge in [-0.05, 0) is 12.1 Å². The number of methoxy groups -OCH3 is 1. The highest BCUT2D eigenvalue weighted by molar-refractivity contribution is 6.31. The summed E-state index contributed by atoms with van der Waals surface area (Å²) in [5.74, 6) is -1.04. The van der Waals surface area contributed by atoms with Crippen molar-refractivity contribution in [3.8, 4) is 5.75 Å². The molecule has 3 N–H and O–H groups in total. The van der Waals surface area contributed by atoms with Crippen molar-refractivity contribution < 1.29 is 24.9 Å². The second kappa shape index (κ2) is 5.16. The quantitative estimate of drug-likeness (QED) is 0.732. The maximum absolute atomic E-state index is 10.5. The average molecular weight is 247 g/mol. The normalized spacial score (nSPS) is 14.2. The van der Waals surface area contributed by atoms with Gasteiger partial charge < -0.3 is 20.1 Å². The lowest BCUT2D eigenvalue weighted by Gasteiger charge is -2.16. The van der Waals surface area contributed by atoms with Gasteiger partial charge in [-0.15, -0.1) is 0 Å². The third-order valence-corrected chi connectivity index (χ3v) is 2.41. The van der Waals surface area contributed by atoms with E-state index < -0.39 is 18.2 Å². The molecule has 0 radical (unpaired) electrons. The lowest BCUT2D eigenvalue weighted by atomic mass is 10.0. The van der Waals surface area contributed by atoms with E-state index >= 15 is 0 Å². The third kappa shape index (κ3) is 2.63. The van der Waals surface area contributed by atoms with E-state index in [1.165, 1.54) is 25.3 Å². The maximum atomic E-state index is 10.5. The molecule has 6 heteroatoms. The first-order chi connectivity index (χ1) is 7.47. The molecule has 16 heavy (non-hydrogen) atoms. The molecule has 0 spiro atoms. The van der Waals surface area contributed by atoms with Crippen LogP contribution in [-0.2, 0) is 4.79 Å². The molecule has 0 bridgehead atoms. The van der Waals surface area contributed by atoms with Crippen LogP contribution in [0.25, 0.3) is 0 Å². The summed E-state index contributed by atoms with van der Waals surface area (Å²) >= 11 is 5.81. The van der Waals surface area contributed by atoms with Crippen molar-refractivity contribution >= 4 is 17.6 Å². The van der Waals surface area contributed by atoms with Crippen molar-refractivity contribution in [3.63, 3.8) is 0 Å². The lowest BCUT2D eigenvalue weighted by molar-refractivity contribution is -0.153. The van der Waals surface area contributed by atoms with Gasteiger partial charge in [-0.2, -0.15) is 0 Å². The molecular formula is C10H11ClO5. The van der Waals surface area contributed by atoms with Gasteiger partial charge in [0, 0.05) is 5.56 Å². The Hall–Kier alpha value is -1.30. The Kier molecular flexibility index (Phi) is 4.12. The molecule has 2 atom stereocenters. The smallest absolute Gasteiger partial charge is 0.335 e. The number of aliphatic carboxylic acids is 1. The summed E-state index contributed by atoms with van der Waals surface area (Å²) in [6.07, 6.45) is -3.48. The van der Waals surface area contributed by atoms with Gasteiger partial charge in [-0.3, -0.25) is 0 Å². The topological polar surface area (TPSA) is 87.0 Å². The van der Waals surface area contributed by atoms with Gasteiger partial charge in [0.25, 0.3) is 0 Å². The molecule has 0 amide bonds. The van der Waals surface area contributed by atoms with Gasteiger partial charge in [0.05, 0.1) is 12.1 Å². The average Bonchev–Trinajstić information content (AvgIpc) is 2.26. The minimum atomic E-state index is -1.91. The molecule has 1 rings (SSSR count). The van der Waals surface area contributed by atoms with Crippen molar-refractivity contribution in [2.75, 3.05) is 7.11 Å². The summed E-state index contributed by atoms with van der Waals surface area (Å²) in [6, 6.07) is 4.34. The largest absolute Gasteiger partial charge is 0.497 e. The summed E-state index contributed by atoms with van der Waals surface area (Å²) in [7, 11) is 1.45. The van der Waals surface area contributed by atoms with Crippen LogP contribution in [0.1, 0.15) is 11.7 Å². The molecule has 0 saturated carbocycles. The van der Waals surface area contributed by atoms with E-state index in [0.29, 0.717) is 5.75 Å². The highest BCUT2D eigenvalue weighted by Gasteiger charge is 2.26. The van der Waals surface area contributed by atoms with Crippen LogP contribution in [0, 0.1) is 0 Å². The Morgan fingerprint density at radius 1 is 1.44 bits per heavy atom. The molecular weight excluding hydrogens is 236 g/mol. The fourth-order valence-corrected chi connectivity index (χ4v) is 1.46. The highest BCUT2D eigenvalue weighted by atomic mass is 35.5. The van der Waals surface area contributed by atoms with Crippen LogP contribution in [0.3, 0.4) is 0 Å². The zero-order chi connectivity index (χ0) is 12.3. The third-order valence-electron chi connectivity index (χ3n) is 2.08. The number of rotatable bonds is 4. The molecule has 1 aromatic carbocycles. The van der Waals surface area contributed by atoms with Gasteiger partial charge in [0.2, 0.25) is 0 Å². The SMILES string of the molecule is COc1ccc(C(O)C(O)C(=O)O)c(Cl)c1. The monoisotopic (exact) mass is 246 g/mol. The minimum Gasteiger partial charge on any atom is -0.497 e. The molecule has 88 valence electrons. The molecule has 0 aliphatic heterocycles. The Morgan fingerprint density at radius 3 is 2.50 bits per heavy atom. The van der Waals surface area contributed by atoms with E-state index in [1.807, 2.05) is 0 Å². The van der Waals surface area contributed by atoms with Gasteiger partial charge in [0.1, 0.15) is 11.9 Å². The predicted molar refractivity (Wildman–Crippen MR) is 56.6 cm³/mol. The summed E-state index contributed by atoms with van der Waals surface area (Å²) < 4.78 is 4.89. The van der Waals surface area contributed by atoms with Crippen molar-refractivity contribution in [3.05, 3.63) is 28.8 Å². The van der Waals surface area contributed by atoms with Gasteiger partial charge in [-0.25, -0.2) is 4.79 Å². The van der Waals surface area contributed by atoms with Crippen molar-refractivity contribution in [1.82, 2.24) is 0 Å². The summed E-state index contributed by atoms with van der Waals surface area (Å²) in [6.45, 7) is 0. The molecule has 0 fully saturated rings. The predicted octanol–water partition coefficient (Wildman–Crippen LogP) is 0.827. The van der Waals surface area contributed by atoms with Gasteiger partial charge >= 0.3 is 5.97 Å². The van der Waals surface area contributed by atoms with Crippen LogP contribution in [0.2, 0.25) is 5.02 Å². The van der Waals surface area contributed by atoms with Crippen LogP contribution in [-0.4, -0.2) is 34.5 Å². The van der Waals surface area contributed by atoms with Crippen LogP contribution < -0.4 is 4.74 Å². The molecule has 1 aromatic rings. The molecule has 0 aliphatic carbocycles. The molecule has 0 saturated heterocycles. The number of aliphatic hydroxyl groups is 2. The first kappa shape index (κ1) is 12.8. The van der Waals surface area contributed by atoms with Crippen LogP contribution in [0.4, 0.5) is 0 Å². The Balaban J connectivity index is 3.00. The van der Waals surface area contributed by atoms with E-state index in [0.717, 1.165) is 0 Å². The second-order valence-electron chi connectivity index (χ2n) is 3.12. The Labute approximate surface area is 96.9 Å². The summed E-state index contributed by atoms with van der Waals surface area (Å²) in [5.41, 5.74) is 0.136. The number of ether oxygens (including phenoxy) is 1. The first-order valence-corrected chi connectivity index (χ1v) is 4.77. The summed E-state index contributed by atoms with van der Waals surface area (Å²) in [5, 5.41) is 27.4. The van der Waals surface area contributed by atoms with E-state index in [2.05, 4.69) is 0 Å². The second-order valence-corrected chi connectivity index (χ2v) is 3.52. The number of hydrogen-bond donors (Lipinski definition) is 3.